The summed E-state index contributed by atoms with van der Waals surface area (Å²) in [6, 6.07) is 6.76. The molecule has 0 saturated carbocycles. The van der Waals surface area contributed by atoms with E-state index in [-0.39, 0.29) is 11.7 Å². The number of hydrogen-bond donors (Lipinski definition) is 1. The minimum absolute atomic E-state index is 0.0474. The maximum atomic E-state index is 11.6. The lowest BCUT2D eigenvalue weighted by Gasteiger charge is -2.10. The number of Topliss-reactive ketones (excluding diaryl/α,β-unsaturated/α-hetero) is 1. The van der Waals surface area contributed by atoms with E-state index < -0.39 is 6.04 Å². The van der Waals surface area contributed by atoms with Gasteiger partial charge >= 0.3 is 0 Å². The molecule has 0 heterocycles. The quantitative estimate of drug-likeness (QED) is 0.867. The van der Waals surface area contributed by atoms with Gasteiger partial charge in [0.2, 0.25) is 0 Å². The van der Waals surface area contributed by atoms with Crippen molar-refractivity contribution >= 4 is 34.3 Å². The molecule has 1 rings (SSSR count). The monoisotopic (exact) mass is 317 g/mol. The molecule has 0 fully saturated rings. The third kappa shape index (κ3) is 3.62. The molecule has 1 unspecified atom stereocenters. The zero-order valence-corrected chi connectivity index (χ0v) is 10.7. The fourth-order valence-electron chi connectivity index (χ4n) is 0.983. The first kappa shape index (κ1) is 12.2. The molecule has 0 radical (unpaired) electrons. The highest BCUT2D eigenvalue weighted by Crippen LogP contribution is 2.06. The molecular weight excluding hydrogens is 305 g/mol. The van der Waals surface area contributed by atoms with Gasteiger partial charge in [0.05, 0.1) is 6.04 Å². The maximum absolute atomic E-state index is 11.6. The van der Waals surface area contributed by atoms with E-state index in [1.54, 1.807) is 19.1 Å². The molecule has 3 nitrogen and oxygen atoms in total. The van der Waals surface area contributed by atoms with Crippen LogP contribution in [0.2, 0.25) is 0 Å². The highest BCUT2D eigenvalue weighted by atomic mass is 127. The van der Waals surface area contributed by atoms with Crippen LogP contribution in [0, 0.1) is 3.57 Å². The number of nitrogens with one attached hydrogen (secondary N) is 1. The molecule has 0 aliphatic carbocycles. The van der Waals surface area contributed by atoms with Gasteiger partial charge in [-0.25, -0.2) is 0 Å². The van der Waals surface area contributed by atoms with E-state index in [0.29, 0.717) is 5.56 Å². The fraction of sp³-hybridized carbons (Fsp3) is 0.273. The molecule has 0 aliphatic rings. The molecule has 0 spiro atoms. The van der Waals surface area contributed by atoms with Gasteiger partial charge in [-0.05, 0) is 60.7 Å². The Kier molecular flexibility index (Phi) is 4.26. The summed E-state index contributed by atoms with van der Waals surface area (Å²) < 4.78 is 1.07. The largest absolute Gasteiger partial charge is 0.343 e. The first-order valence-electron chi connectivity index (χ1n) is 4.57. The molecule has 4 heteroatoms. The van der Waals surface area contributed by atoms with Gasteiger partial charge in [-0.15, -0.1) is 0 Å². The minimum Gasteiger partial charge on any atom is -0.343 e. The van der Waals surface area contributed by atoms with Gasteiger partial charge in [-0.2, -0.15) is 0 Å². The first-order chi connectivity index (χ1) is 7.00. The van der Waals surface area contributed by atoms with Gasteiger partial charge in [0.15, 0.2) is 5.78 Å². The molecule has 80 valence electrons. The van der Waals surface area contributed by atoms with Crippen molar-refractivity contribution < 1.29 is 9.59 Å². The van der Waals surface area contributed by atoms with E-state index in [2.05, 4.69) is 27.9 Å². The van der Waals surface area contributed by atoms with Gasteiger partial charge in [0.25, 0.3) is 5.91 Å². The number of ketones is 1. The standard InChI is InChI=1S/C11H12INO2/c1-7(8(2)14)13-11(15)9-3-5-10(12)6-4-9/h3-7H,1-2H3,(H,13,15). The molecule has 0 saturated heterocycles. The van der Waals surface area contributed by atoms with Crippen molar-refractivity contribution in [1.82, 2.24) is 5.32 Å². The molecule has 1 amide bonds. The molecule has 1 aromatic rings. The second-order valence-electron chi connectivity index (χ2n) is 3.31. The second kappa shape index (κ2) is 5.25. The minimum atomic E-state index is -0.434. The Morgan fingerprint density at radius 2 is 1.80 bits per heavy atom. The molecule has 0 aromatic heterocycles. The third-order valence-corrected chi connectivity index (χ3v) is 2.78. The van der Waals surface area contributed by atoms with Crippen LogP contribution >= 0.6 is 22.6 Å². The third-order valence-electron chi connectivity index (χ3n) is 2.06. The van der Waals surface area contributed by atoms with Crippen LogP contribution in [0.1, 0.15) is 24.2 Å². The molecule has 1 atom stereocenters. The molecule has 1 N–H and O–H groups in total. The summed E-state index contributed by atoms with van der Waals surface area (Å²) in [5, 5.41) is 2.62. The molecule has 0 aliphatic heterocycles. The Morgan fingerprint density at radius 1 is 1.27 bits per heavy atom. The Labute approximate surface area is 102 Å². The number of hydrogen-bond acceptors (Lipinski definition) is 2. The predicted molar refractivity (Wildman–Crippen MR) is 66.8 cm³/mol. The fourth-order valence-corrected chi connectivity index (χ4v) is 1.34. The number of halogens is 1. The van der Waals surface area contributed by atoms with Crippen LogP contribution < -0.4 is 5.32 Å². The first-order valence-corrected chi connectivity index (χ1v) is 5.65. The lowest BCUT2D eigenvalue weighted by atomic mass is 10.2. The Hall–Kier alpha value is -0.910. The second-order valence-corrected chi connectivity index (χ2v) is 4.56. The van der Waals surface area contributed by atoms with Crippen LogP contribution in [0.3, 0.4) is 0 Å². The van der Waals surface area contributed by atoms with Crippen molar-refractivity contribution in [3.63, 3.8) is 0 Å². The number of carbonyl (C=O) groups is 2. The Balaban J connectivity index is 2.69. The molecule has 15 heavy (non-hydrogen) atoms. The van der Waals surface area contributed by atoms with Crippen LogP contribution in [0.4, 0.5) is 0 Å². The predicted octanol–water partition coefficient (Wildman–Crippen LogP) is 2.00. The average molecular weight is 317 g/mol. The van der Waals surface area contributed by atoms with Gasteiger partial charge in [-0.1, -0.05) is 0 Å². The van der Waals surface area contributed by atoms with Crippen molar-refractivity contribution in [1.29, 1.82) is 0 Å². The van der Waals surface area contributed by atoms with Gasteiger partial charge < -0.3 is 5.32 Å². The zero-order chi connectivity index (χ0) is 11.4. The summed E-state index contributed by atoms with van der Waals surface area (Å²) in [5.74, 6) is -0.261. The van der Waals surface area contributed by atoms with E-state index in [1.165, 1.54) is 6.92 Å². The number of carbonyl (C=O) groups excluding carboxylic acids is 2. The van der Waals surface area contributed by atoms with Crippen molar-refractivity contribution in [2.24, 2.45) is 0 Å². The van der Waals surface area contributed by atoms with Crippen molar-refractivity contribution in [2.75, 3.05) is 0 Å². The van der Waals surface area contributed by atoms with E-state index in [9.17, 15) is 9.59 Å². The van der Waals surface area contributed by atoms with E-state index in [0.717, 1.165) is 3.57 Å². The summed E-state index contributed by atoms with van der Waals surface area (Å²) in [6.45, 7) is 3.13. The van der Waals surface area contributed by atoms with Crippen LogP contribution in [-0.2, 0) is 4.79 Å². The van der Waals surface area contributed by atoms with E-state index in [1.807, 2.05) is 12.1 Å². The van der Waals surface area contributed by atoms with Gasteiger partial charge in [-0.3, -0.25) is 9.59 Å². The van der Waals surface area contributed by atoms with Crippen molar-refractivity contribution in [3.05, 3.63) is 33.4 Å². The van der Waals surface area contributed by atoms with E-state index >= 15 is 0 Å². The highest BCUT2D eigenvalue weighted by molar-refractivity contribution is 14.1. The molecular formula is C11H12INO2. The summed E-state index contributed by atoms with van der Waals surface area (Å²) in [6.07, 6.45) is 0. The van der Waals surface area contributed by atoms with Crippen LogP contribution in [0.5, 0.6) is 0 Å². The summed E-state index contributed by atoms with van der Waals surface area (Å²) in [5.41, 5.74) is 0.573. The average Bonchev–Trinajstić information content (AvgIpc) is 2.18. The molecule has 0 bridgehead atoms. The maximum Gasteiger partial charge on any atom is 0.251 e. The summed E-state index contributed by atoms with van der Waals surface area (Å²) in [4.78, 5) is 22.6. The zero-order valence-electron chi connectivity index (χ0n) is 8.58. The van der Waals surface area contributed by atoms with Crippen LogP contribution in [0.15, 0.2) is 24.3 Å². The Bertz CT molecular complexity index is 373. The van der Waals surface area contributed by atoms with Crippen molar-refractivity contribution in [2.45, 2.75) is 19.9 Å². The summed E-state index contributed by atoms with van der Waals surface area (Å²) in [7, 11) is 0. The summed E-state index contributed by atoms with van der Waals surface area (Å²) >= 11 is 2.17. The Morgan fingerprint density at radius 3 is 2.27 bits per heavy atom. The lowest BCUT2D eigenvalue weighted by molar-refractivity contribution is -0.118. The van der Waals surface area contributed by atoms with E-state index in [4.69, 9.17) is 0 Å². The highest BCUT2D eigenvalue weighted by Gasteiger charge is 2.12. The normalized spacial score (nSPS) is 11.9. The SMILES string of the molecule is CC(=O)C(C)NC(=O)c1ccc(I)cc1. The van der Waals surface area contributed by atoms with Gasteiger partial charge in [0, 0.05) is 9.13 Å². The number of amides is 1. The number of rotatable bonds is 3. The van der Waals surface area contributed by atoms with Crippen molar-refractivity contribution in [3.8, 4) is 0 Å². The number of benzene rings is 1. The smallest absolute Gasteiger partial charge is 0.251 e. The van der Waals surface area contributed by atoms with Gasteiger partial charge in [0.1, 0.15) is 0 Å². The topological polar surface area (TPSA) is 46.2 Å². The lowest BCUT2D eigenvalue weighted by Crippen LogP contribution is -2.37. The van der Waals surface area contributed by atoms with Crippen LogP contribution in [0.25, 0.3) is 0 Å². The van der Waals surface area contributed by atoms with Crippen LogP contribution in [-0.4, -0.2) is 17.7 Å². The molecule has 1 aromatic carbocycles.